The van der Waals surface area contributed by atoms with E-state index in [9.17, 15) is 4.79 Å². The fourth-order valence-electron chi connectivity index (χ4n) is 2.38. The molecule has 1 amide bonds. The topological polar surface area (TPSA) is 63.6 Å². The lowest BCUT2D eigenvalue weighted by atomic mass is 10.0. The first-order valence-corrected chi connectivity index (χ1v) is 7.61. The van der Waals surface area contributed by atoms with Crippen LogP contribution in [-0.4, -0.2) is 23.7 Å². The van der Waals surface area contributed by atoms with Gasteiger partial charge in [-0.15, -0.1) is 6.42 Å². The third kappa shape index (κ3) is 3.82. The number of carbonyl (C=O) groups is 1. The van der Waals surface area contributed by atoms with Crippen molar-refractivity contribution in [1.82, 2.24) is 10.4 Å². The fourth-order valence-corrected chi connectivity index (χ4v) is 2.38. The first kappa shape index (κ1) is 16.2. The first-order chi connectivity index (χ1) is 12.3. The standard InChI is InChI=1S/C20H15N3O2/c1-2-13-25-19-8-7-15-5-3-4-6-17(15)18(19)14-22-23-20(24)16-9-11-21-12-10-16/h1,3-12,14H,13H2,(H,23,24)/b22-14+. The Morgan fingerprint density at radius 2 is 2.00 bits per heavy atom. The SMILES string of the molecule is C#CCOc1ccc2ccccc2c1/C=N/NC(=O)c1ccncc1. The Kier molecular flexibility index (Phi) is 5.03. The number of terminal acetylenes is 1. The molecule has 2 aromatic carbocycles. The summed E-state index contributed by atoms with van der Waals surface area (Å²) in [7, 11) is 0. The number of benzene rings is 2. The maximum atomic E-state index is 12.0. The van der Waals surface area contributed by atoms with Crippen LogP contribution in [0.1, 0.15) is 15.9 Å². The molecule has 0 aliphatic heterocycles. The lowest BCUT2D eigenvalue weighted by Gasteiger charge is -2.09. The summed E-state index contributed by atoms with van der Waals surface area (Å²) in [6, 6.07) is 14.9. The van der Waals surface area contributed by atoms with Crippen molar-refractivity contribution in [3.63, 3.8) is 0 Å². The number of hydrazone groups is 1. The molecule has 5 nitrogen and oxygen atoms in total. The minimum absolute atomic E-state index is 0.155. The molecule has 0 bridgehead atoms. The summed E-state index contributed by atoms with van der Waals surface area (Å²) in [6.07, 6.45) is 9.94. The van der Waals surface area contributed by atoms with E-state index in [-0.39, 0.29) is 12.5 Å². The molecular formula is C20H15N3O2. The van der Waals surface area contributed by atoms with Crippen LogP contribution in [0, 0.1) is 12.3 Å². The smallest absolute Gasteiger partial charge is 0.271 e. The van der Waals surface area contributed by atoms with Crippen LogP contribution in [0.25, 0.3) is 10.8 Å². The molecule has 122 valence electrons. The second kappa shape index (κ2) is 7.75. The molecule has 25 heavy (non-hydrogen) atoms. The van der Waals surface area contributed by atoms with Crippen molar-refractivity contribution in [2.45, 2.75) is 0 Å². The molecule has 0 aliphatic carbocycles. The van der Waals surface area contributed by atoms with E-state index >= 15 is 0 Å². The van der Waals surface area contributed by atoms with Crippen molar-refractivity contribution in [3.8, 4) is 18.1 Å². The highest BCUT2D eigenvalue weighted by atomic mass is 16.5. The lowest BCUT2D eigenvalue weighted by molar-refractivity contribution is 0.0955. The predicted molar refractivity (Wildman–Crippen MR) is 97.6 cm³/mol. The van der Waals surface area contributed by atoms with Gasteiger partial charge in [-0.1, -0.05) is 36.3 Å². The number of pyridine rings is 1. The Balaban J connectivity index is 1.88. The van der Waals surface area contributed by atoms with Gasteiger partial charge in [0.2, 0.25) is 0 Å². The summed E-state index contributed by atoms with van der Waals surface area (Å²) < 4.78 is 5.59. The van der Waals surface area contributed by atoms with Gasteiger partial charge in [-0.3, -0.25) is 9.78 Å². The molecule has 0 aliphatic rings. The summed E-state index contributed by atoms with van der Waals surface area (Å²) in [5.41, 5.74) is 3.74. The van der Waals surface area contributed by atoms with Crippen LogP contribution in [0.5, 0.6) is 5.75 Å². The van der Waals surface area contributed by atoms with Crippen LogP contribution >= 0.6 is 0 Å². The minimum Gasteiger partial charge on any atom is -0.480 e. The Labute approximate surface area is 145 Å². The highest BCUT2D eigenvalue weighted by Gasteiger charge is 2.07. The maximum Gasteiger partial charge on any atom is 0.271 e. The van der Waals surface area contributed by atoms with Gasteiger partial charge >= 0.3 is 0 Å². The van der Waals surface area contributed by atoms with Gasteiger partial charge in [-0.25, -0.2) is 5.43 Å². The van der Waals surface area contributed by atoms with Gasteiger partial charge in [-0.2, -0.15) is 5.10 Å². The summed E-state index contributed by atoms with van der Waals surface area (Å²) >= 11 is 0. The van der Waals surface area contributed by atoms with E-state index in [1.807, 2.05) is 36.4 Å². The van der Waals surface area contributed by atoms with Crippen molar-refractivity contribution in [3.05, 3.63) is 72.1 Å². The lowest BCUT2D eigenvalue weighted by Crippen LogP contribution is -2.17. The molecule has 0 spiro atoms. The van der Waals surface area contributed by atoms with Gasteiger partial charge in [0.05, 0.1) is 6.21 Å². The van der Waals surface area contributed by atoms with E-state index in [1.165, 1.54) is 0 Å². The molecule has 3 rings (SSSR count). The van der Waals surface area contributed by atoms with E-state index in [4.69, 9.17) is 11.2 Å². The Morgan fingerprint density at radius 3 is 2.80 bits per heavy atom. The Hall–Kier alpha value is -3.65. The molecule has 1 N–H and O–H groups in total. The van der Waals surface area contributed by atoms with E-state index < -0.39 is 0 Å². The van der Waals surface area contributed by atoms with Crippen LogP contribution in [-0.2, 0) is 0 Å². The summed E-state index contributed by atoms with van der Waals surface area (Å²) in [6.45, 7) is 0.155. The number of ether oxygens (including phenoxy) is 1. The largest absolute Gasteiger partial charge is 0.480 e. The van der Waals surface area contributed by atoms with Crippen molar-refractivity contribution >= 4 is 22.9 Å². The zero-order valence-corrected chi connectivity index (χ0v) is 13.3. The number of aromatic nitrogens is 1. The Morgan fingerprint density at radius 1 is 1.20 bits per heavy atom. The van der Waals surface area contributed by atoms with Gasteiger partial charge in [-0.05, 0) is 29.0 Å². The molecule has 1 heterocycles. The van der Waals surface area contributed by atoms with Gasteiger partial charge < -0.3 is 4.74 Å². The quantitative estimate of drug-likeness (QED) is 0.445. The van der Waals surface area contributed by atoms with Crippen LogP contribution in [0.3, 0.4) is 0 Å². The average Bonchev–Trinajstić information content (AvgIpc) is 2.67. The van der Waals surface area contributed by atoms with Crippen molar-refractivity contribution < 1.29 is 9.53 Å². The van der Waals surface area contributed by atoms with Crippen molar-refractivity contribution in [1.29, 1.82) is 0 Å². The second-order valence-corrected chi connectivity index (χ2v) is 5.13. The molecular weight excluding hydrogens is 314 g/mol. The average molecular weight is 329 g/mol. The zero-order valence-electron chi connectivity index (χ0n) is 13.3. The van der Waals surface area contributed by atoms with Crippen molar-refractivity contribution in [2.24, 2.45) is 5.10 Å². The fraction of sp³-hybridized carbons (Fsp3) is 0.0500. The maximum absolute atomic E-state index is 12.0. The zero-order chi connectivity index (χ0) is 17.5. The second-order valence-electron chi connectivity index (χ2n) is 5.13. The number of hydrogen-bond acceptors (Lipinski definition) is 4. The molecule has 3 aromatic rings. The van der Waals surface area contributed by atoms with E-state index in [2.05, 4.69) is 21.4 Å². The molecule has 0 radical (unpaired) electrons. The Bertz CT molecular complexity index is 960. The van der Waals surface area contributed by atoms with E-state index in [0.717, 1.165) is 16.3 Å². The van der Waals surface area contributed by atoms with Crippen LogP contribution in [0.2, 0.25) is 0 Å². The monoisotopic (exact) mass is 329 g/mol. The number of nitrogens with one attached hydrogen (secondary N) is 1. The summed E-state index contributed by atoms with van der Waals surface area (Å²) in [4.78, 5) is 15.9. The van der Waals surface area contributed by atoms with Gasteiger partial charge in [0.15, 0.2) is 0 Å². The highest BCUT2D eigenvalue weighted by molar-refractivity contribution is 6.03. The number of carbonyl (C=O) groups excluding carboxylic acids is 1. The number of rotatable bonds is 5. The number of nitrogens with zero attached hydrogens (tertiary/aromatic N) is 2. The van der Waals surface area contributed by atoms with Crippen LogP contribution in [0.4, 0.5) is 0 Å². The van der Waals surface area contributed by atoms with Gasteiger partial charge in [0.25, 0.3) is 5.91 Å². The normalized spacial score (nSPS) is 10.5. The van der Waals surface area contributed by atoms with Gasteiger partial charge in [0, 0.05) is 23.5 Å². The molecule has 0 fully saturated rings. The van der Waals surface area contributed by atoms with Crippen LogP contribution < -0.4 is 10.2 Å². The molecule has 5 heteroatoms. The minimum atomic E-state index is -0.315. The summed E-state index contributed by atoms with van der Waals surface area (Å²) in [5, 5.41) is 6.06. The van der Waals surface area contributed by atoms with Crippen LogP contribution in [0.15, 0.2) is 66.0 Å². The van der Waals surface area contributed by atoms with Crippen molar-refractivity contribution in [2.75, 3.05) is 6.61 Å². The number of fused-ring (bicyclic) bond motifs is 1. The first-order valence-electron chi connectivity index (χ1n) is 7.61. The number of amides is 1. The summed E-state index contributed by atoms with van der Waals surface area (Å²) in [5.74, 6) is 2.74. The predicted octanol–water partition coefficient (Wildman–Crippen LogP) is 3.01. The molecule has 1 aromatic heterocycles. The third-order valence-corrected chi connectivity index (χ3v) is 3.54. The van der Waals surface area contributed by atoms with E-state index in [1.54, 1.807) is 30.7 Å². The highest BCUT2D eigenvalue weighted by Crippen LogP contribution is 2.26. The molecule has 0 saturated heterocycles. The molecule has 0 unspecified atom stereocenters. The van der Waals surface area contributed by atoms with E-state index in [0.29, 0.717) is 11.3 Å². The third-order valence-electron chi connectivity index (χ3n) is 3.54. The molecule has 0 saturated carbocycles. The molecule has 0 atom stereocenters. The number of hydrogen-bond donors (Lipinski definition) is 1. The van der Waals surface area contributed by atoms with Gasteiger partial charge in [0.1, 0.15) is 12.4 Å².